The number of rotatable bonds is 8. The Balaban J connectivity index is 1.98. The van der Waals surface area contributed by atoms with Gasteiger partial charge in [0.2, 0.25) is 0 Å². The van der Waals surface area contributed by atoms with Crippen molar-refractivity contribution in [3.63, 3.8) is 0 Å². The SMILES string of the molecule is Cc1cccnc1N(CCCc1ccccc1)CCC(=O)O. The second-order valence-electron chi connectivity index (χ2n) is 5.36. The summed E-state index contributed by atoms with van der Waals surface area (Å²) in [6, 6.07) is 14.2. The number of hydrogen-bond acceptors (Lipinski definition) is 3. The van der Waals surface area contributed by atoms with E-state index in [1.807, 2.05) is 37.3 Å². The summed E-state index contributed by atoms with van der Waals surface area (Å²) in [6.45, 7) is 3.30. The number of aliphatic carboxylic acids is 1. The summed E-state index contributed by atoms with van der Waals surface area (Å²) in [5, 5.41) is 8.93. The van der Waals surface area contributed by atoms with Gasteiger partial charge in [-0.15, -0.1) is 0 Å². The van der Waals surface area contributed by atoms with E-state index in [-0.39, 0.29) is 6.42 Å². The molecule has 0 spiro atoms. The van der Waals surface area contributed by atoms with Crippen LogP contribution in [0.2, 0.25) is 0 Å². The molecule has 0 aliphatic carbocycles. The highest BCUT2D eigenvalue weighted by Crippen LogP contribution is 2.17. The summed E-state index contributed by atoms with van der Waals surface area (Å²) >= 11 is 0. The average Bonchev–Trinajstić information content (AvgIpc) is 2.52. The van der Waals surface area contributed by atoms with Gasteiger partial charge in [0.05, 0.1) is 6.42 Å². The quantitative estimate of drug-likeness (QED) is 0.812. The van der Waals surface area contributed by atoms with Gasteiger partial charge in [0.1, 0.15) is 5.82 Å². The first kappa shape index (κ1) is 16.0. The Morgan fingerprint density at radius 3 is 2.59 bits per heavy atom. The van der Waals surface area contributed by atoms with Crippen molar-refractivity contribution in [1.82, 2.24) is 4.98 Å². The van der Waals surface area contributed by atoms with Gasteiger partial charge < -0.3 is 10.0 Å². The van der Waals surface area contributed by atoms with Crippen LogP contribution in [0.25, 0.3) is 0 Å². The fraction of sp³-hybridized carbons (Fsp3) is 0.333. The first-order chi connectivity index (χ1) is 10.7. The molecule has 0 saturated carbocycles. The fourth-order valence-corrected chi connectivity index (χ4v) is 2.48. The summed E-state index contributed by atoms with van der Waals surface area (Å²) in [7, 11) is 0. The van der Waals surface area contributed by atoms with Crippen molar-refractivity contribution < 1.29 is 9.90 Å². The zero-order valence-corrected chi connectivity index (χ0v) is 12.9. The molecule has 0 aliphatic heterocycles. The second kappa shape index (κ2) is 8.17. The average molecular weight is 298 g/mol. The Morgan fingerprint density at radius 1 is 1.14 bits per heavy atom. The standard InChI is InChI=1S/C18H22N2O2/c1-15-7-5-12-19-18(15)20(14-11-17(21)22)13-6-10-16-8-3-2-4-9-16/h2-5,7-9,12H,6,10-11,13-14H2,1H3,(H,21,22). The number of carbonyl (C=O) groups is 1. The summed E-state index contributed by atoms with van der Waals surface area (Å²) < 4.78 is 0. The lowest BCUT2D eigenvalue weighted by Crippen LogP contribution is -2.29. The zero-order valence-electron chi connectivity index (χ0n) is 12.9. The monoisotopic (exact) mass is 298 g/mol. The minimum Gasteiger partial charge on any atom is -0.481 e. The first-order valence-corrected chi connectivity index (χ1v) is 7.59. The molecule has 0 bridgehead atoms. The maximum atomic E-state index is 10.9. The third-order valence-electron chi connectivity index (χ3n) is 3.61. The molecular formula is C18H22N2O2. The Hall–Kier alpha value is -2.36. The fourth-order valence-electron chi connectivity index (χ4n) is 2.48. The lowest BCUT2D eigenvalue weighted by Gasteiger charge is -2.24. The predicted octanol–water partition coefficient (Wildman–Crippen LogP) is 3.30. The van der Waals surface area contributed by atoms with Crippen LogP contribution in [0.4, 0.5) is 5.82 Å². The minimum atomic E-state index is -0.776. The number of aryl methyl sites for hydroxylation is 2. The van der Waals surface area contributed by atoms with E-state index in [1.54, 1.807) is 6.20 Å². The molecule has 1 aromatic heterocycles. The van der Waals surface area contributed by atoms with Crippen LogP contribution < -0.4 is 4.90 Å². The third-order valence-corrected chi connectivity index (χ3v) is 3.61. The van der Waals surface area contributed by atoms with Crippen LogP contribution in [0.1, 0.15) is 24.0 Å². The van der Waals surface area contributed by atoms with Crippen molar-refractivity contribution in [2.75, 3.05) is 18.0 Å². The van der Waals surface area contributed by atoms with Crippen LogP contribution in [-0.4, -0.2) is 29.1 Å². The van der Waals surface area contributed by atoms with Crippen molar-refractivity contribution in [1.29, 1.82) is 0 Å². The van der Waals surface area contributed by atoms with E-state index in [0.29, 0.717) is 6.54 Å². The summed E-state index contributed by atoms with van der Waals surface area (Å²) in [5.41, 5.74) is 2.38. The van der Waals surface area contributed by atoms with Crippen molar-refractivity contribution in [3.8, 4) is 0 Å². The van der Waals surface area contributed by atoms with Crippen molar-refractivity contribution in [2.24, 2.45) is 0 Å². The molecule has 4 nitrogen and oxygen atoms in total. The maximum absolute atomic E-state index is 10.9. The lowest BCUT2D eigenvalue weighted by atomic mass is 10.1. The highest BCUT2D eigenvalue weighted by molar-refractivity contribution is 5.67. The molecule has 0 aliphatic rings. The van der Waals surface area contributed by atoms with Gasteiger partial charge in [-0.05, 0) is 37.0 Å². The number of pyridine rings is 1. The third kappa shape index (κ3) is 4.88. The summed E-state index contributed by atoms with van der Waals surface area (Å²) in [5.74, 6) is 0.110. The predicted molar refractivity (Wildman–Crippen MR) is 88.2 cm³/mol. The Bertz CT molecular complexity index is 599. The maximum Gasteiger partial charge on any atom is 0.305 e. The number of hydrogen-bond donors (Lipinski definition) is 1. The summed E-state index contributed by atoms with van der Waals surface area (Å²) in [4.78, 5) is 17.4. The van der Waals surface area contributed by atoms with E-state index in [9.17, 15) is 4.79 Å². The first-order valence-electron chi connectivity index (χ1n) is 7.59. The van der Waals surface area contributed by atoms with E-state index in [2.05, 4.69) is 22.0 Å². The molecule has 116 valence electrons. The largest absolute Gasteiger partial charge is 0.481 e. The molecule has 1 N–H and O–H groups in total. The highest BCUT2D eigenvalue weighted by Gasteiger charge is 2.12. The lowest BCUT2D eigenvalue weighted by molar-refractivity contribution is -0.136. The number of anilines is 1. The molecule has 2 rings (SSSR count). The van der Waals surface area contributed by atoms with Crippen LogP contribution in [-0.2, 0) is 11.2 Å². The second-order valence-corrected chi connectivity index (χ2v) is 5.36. The van der Waals surface area contributed by atoms with Gasteiger partial charge >= 0.3 is 5.97 Å². The van der Waals surface area contributed by atoms with E-state index >= 15 is 0 Å². The normalized spacial score (nSPS) is 10.4. The molecule has 0 saturated heterocycles. The van der Waals surface area contributed by atoms with Gasteiger partial charge in [-0.25, -0.2) is 4.98 Å². The van der Waals surface area contributed by atoms with Crippen LogP contribution >= 0.6 is 0 Å². The Labute approximate surface area is 131 Å². The van der Waals surface area contributed by atoms with Gasteiger partial charge in [-0.2, -0.15) is 0 Å². The van der Waals surface area contributed by atoms with Crippen molar-refractivity contribution in [3.05, 3.63) is 59.8 Å². The molecule has 22 heavy (non-hydrogen) atoms. The van der Waals surface area contributed by atoms with Gasteiger partial charge in [-0.3, -0.25) is 4.79 Å². The molecule has 0 amide bonds. The molecule has 0 fully saturated rings. The van der Waals surface area contributed by atoms with Gasteiger partial charge in [-0.1, -0.05) is 36.4 Å². The summed E-state index contributed by atoms with van der Waals surface area (Å²) in [6.07, 6.45) is 3.84. The number of carboxylic acids is 1. The van der Waals surface area contributed by atoms with E-state index in [0.717, 1.165) is 30.8 Å². The molecule has 4 heteroatoms. The van der Waals surface area contributed by atoms with Crippen molar-refractivity contribution >= 4 is 11.8 Å². The smallest absolute Gasteiger partial charge is 0.305 e. The molecule has 0 atom stereocenters. The van der Waals surface area contributed by atoms with E-state index in [4.69, 9.17) is 5.11 Å². The molecule has 0 unspecified atom stereocenters. The number of benzene rings is 1. The minimum absolute atomic E-state index is 0.126. The van der Waals surface area contributed by atoms with E-state index in [1.165, 1.54) is 5.56 Å². The molecular weight excluding hydrogens is 276 g/mol. The highest BCUT2D eigenvalue weighted by atomic mass is 16.4. The molecule has 0 radical (unpaired) electrons. The number of aromatic nitrogens is 1. The van der Waals surface area contributed by atoms with Crippen molar-refractivity contribution in [2.45, 2.75) is 26.2 Å². The van der Waals surface area contributed by atoms with Gasteiger partial charge in [0.25, 0.3) is 0 Å². The topological polar surface area (TPSA) is 53.4 Å². The zero-order chi connectivity index (χ0) is 15.8. The number of carboxylic acid groups (broad SMARTS) is 1. The van der Waals surface area contributed by atoms with E-state index < -0.39 is 5.97 Å². The Kier molecular flexibility index (Phi) is 5.95. The number of nitrogens with zero attached hydrogens (tertiary/aromatic N) is 2. The van der Waals surface area contributed by atoms with Crippen LogP contribution in [0.15, 0.2) is 48.7 Å². The van der Waals surface area contributed by atoms with Gasteiger partial charge in [0, 0.05) is 19.3 Å². The van der Waals surface area contributed by atoms with Crippen LogP contribution in [0.3, 0.4) is 0 Å². The molecule has 1 heterocycles. The van der Waals surface area contributed by atoms with Gasteiger partial charge in [0.15, 0.2) is 0 Å². The molecule has 2 aromatic rings. The van der Waals surface area contributed by atoms with Crippen LogP contribution in [0.5, 0.6) is 0 Å². The van der Waals surface area contributed by atoms with Crippen LogP contribution in [0, 0.1) is 6.92 Å². The Morgan fingerprint density at radius 2 is 1.91 bits per heavy atom. The molecule has 1 aromatic carbocycles.